The van der Waals surface area contributed by atoms with E-state index >= 15 is 0 Å². The fourth-order valence-corrected chi connectivity index (χ4v) is 4.65. The fraction of sp³-hybridized carbons (Fsp3) is 0.583. The second kappa shape index (κ2) is 10.8. The lowest BCUT2D eigenvalue weighted by atomic mass is 10.0. The molecule has 0 spiro atoms. The third-order valence-electron chi connectivity index (χ3n) is 6.29. The van der Waals surface area contributed by atoms with Crippen molar-refractivity contribution >= 4 is 5.96 Å². The topological polar surface area (TPSA) is 67.2 Å². The van der Waals surface area contributed by atoms with Crippen LogP contribution >= 0.6 is 0 Å². The molecule has 2 unspecified atom stereocenters. The standard InChI is InChI=1S/C24H36N6O2/c1-4-25-24(30-13-14-32-23(18-30)19-15-27-28(2)17-19)26-16-21(29-11-7-8-12-29)20-9-5-6-10-22(20)31-3/h5-6,9-10,15,17,21,23H,4,7-8,11-14,16,18H2,1-3H3,(H,25,26). The Bertz CT molecular complexity index is 892. The Kier molecular flexibility index (Phi) is 7.65. The molecule has 1 aromatic carbocycles. The third kappa shape index (κ3) is 5.24. The second-order valence-electron chi connectivity index (χ2n) is 8.45. The van der Waals surface area contributed by atoms with Crippen LogP contribution in [0.5, 0.6) is 5.75 Å². The molecular formula is C24H36N6O2. The molecule has 2 aromatic rings. The number of aliphatic imine (C=N–C) groups is 1. The van der Waals surface area contributed by atoms with E-state index in [0.717, 1.165) is 50.0 Å². The molecule has 1 aromatic heterocycles. The SMILES string of the molecule is CCNC(=NCC(c1ccccc1OC)N1CCCC1)N1CCOC(c2cnn(C)c2)C1. The number of ether oxygens (including phenoxy) is 2. The maximum absolute atomic E-state index is 6.04. The lowest BCUT2D eigenvalue weighted by Crippen LogP contribution is -2.48. The van der Waals surface area contributed by atoms with Crippen LogP contribution in [0.25, 0.3) is 0 Å². The highest BCUT2D eigenvalue weighted by molar-refractivity contribution is 5.80. The van der Waals surface area contributed by atoms with Gasteiger partial charge in [0.15, 0.2) is 5.96 Å². The van der Waals surface area contributed by atoms with Crippen molar-refractivity contribution in [3.63, 3.8) is 0 Å². The maximum atomic E-state index is 6.04. The summed E-state index contributed by atoms with van der Waals surface area (Å²) in [5, 5.41) is 7.81. The third-order valence-corrected chi connectivity index (χ3v) is 6.29. The van der Waals surface area contributed by atoms with Crippen LogP contribution in [0, 0.1) is 0 Å². The Morgan fingerprint density at radius 1 is 1.28 bits per heavy atom. The summed E-state index contributed by atoms with van der Waals surface area (Å²) in [6, 6.07) is 8.56. The van der Waals surface area contributed by atoms with Crippen LogP contribution in [0.1, 0.15) is 43.0 Å². The van der Waals surface area contributed by atoms with Gasteiger partial charge in [0, 0.05) is 37.5 Å². The lowest BCUT2D eigenvalue weighted by molar-refractivity contribution is -0.00808. The van der Waals surface area contributed by atoms with Crippen LogP contribution < -0.4 is 10.1 Å². The summed E-state index contributed by atoms with van der Waals surface area (Å²) in [5.74, 6) is 1.89. The van der Waals surface area contributed by atoms with Gasteiger partial charge in [0.2, 0.25) is 0 Å². The van der Waals surface area contributed by atoms with Crippen LogP contribution in [0.3, 0.4) is 0 Å². The van der Waals surface area contributed by atoms with Gasteiger partial charge in [0.25, 0.3) is 0 Å². The molecular weight excluding hydrogens is 404 g/mol. The van der Waals surface area contributed by atoms with Gasteiger partial charge in [-0.1, -0.05) is 18.2 Å². The van der Waals surface area contributed by atoms with Gasteiger partial charge in [0.1, 0.15) is 11.9 Å². The molecule has 2 atom stereocenters. The van der Waals surface area contributed by atoms with E-state index in [9.17, 15) is 0 Å². The van der Waals surface area contributed by atoms with Gasteiger partial charge >= 0.3 is 0 Å². The molecule has 3 heterocycles. The molecule has 174 valence electrons. The lowest BCUT2D eigenvalue weighted by Gasteiger charge is -2.35. The first-order valence-corrected chi connectivity index (χ1v) is 11.7. The van der Waals surface area contributed by atoms with E-state index in [0.29, 0.717) is 13.2 Å². The molecule has 2 saturated heterocycles. The Hall–Kier alpha value is -2.58. The van der Waals surface area contributed by atoms with E-state index in [1.165, 1.54) is 18.4 Å². The van der Waals surface area contributed by atoms with Crippen molar-refractivity contribution in [1.82, 2.24) is 24.9 Å². The molecule has 0 bridgehead atoms. The zero-order valence-corrected chi connectivity index (χ0v) is 19.5. The van der Waals surface area contributed by atoms with Gasteiger partial charge in [-0.15, -0.1) is 0 Å². The number of benzene rings is 1. The maximum Gasteiger partial charge on any atom is 0.194 e. The average molecular weight is 441 g/mol. The molecule has 2 aliphatic heterocycles. The molecule has 2 fully saturated rings. The smallest absolute Gasteiger partial charge is 0.194 e. The number of hydrogen-bond acceptors (Lipinski definition) is 5. The summed E-state index contributed by atoms with van der Waals surface area (Å²) < 4.78 is 13.6. The van der Waals surface area contributed by atoms with Crippen molar-refractivity contribution in [2.24, 2.45) is 12.0 Å². The number of likely N-dealkylation sites (tertiary alicyclic amines) is 1. The number of morpholine rings is 1. The number of para-hydroxylation sites is 1. The molecule has 4 rings (SSSR count). The summed E-state index contributed by atoms with van der Waals surface area (Å²) in [5.41, 5.74) is 2.32. The molecule has 0 aliphatic carbocycles. The van der Waals surface area contributed by atoms with Crippen LogP contribution in [0.4, 0.5) is 0 Å². The predicted molar refractivity (Wildman–Crippen MR) is 126 cm³/mol. The molecule has 8 nitrogen and oxygen atoms in total. The number of rotatable bonds is 7. The molecule has 0 amide bonds. The van der Waals surface area contributed by atoms with Gasteiger partial charge in [-0.3, -0.25) is 14.6 Å². The van der Waals surface area contributed by atoms with Crippen LogP contribution in [-0.2, 0) is 11.8 Å². The predicted octanol–water partition coefficient (Wildman–Crippen LogP) is 2.60. The van der Waals surface area contributed by atoms with Crippen molar-refractivity contribution in [1.29, 1.82) is 0 Å². The molecule has 1 N–H and O–H groups in total. The average Bonchev–Trinajstić information content (AvgIpc) is 3.51. The molecule has 8 heteroatoms. The molecule has 0 saturated carbocycles. The first-order chi connectivity index (χ1) is 15.7. The monoisotopic (exact) mass is 440 g/mol. The van der Waals surface area contributed by atoms with Crippen LogP contribution in [-0.4, -0.2) is 78.5 Å². The van der Waals surface area contributed by atoms with Crippen LogP contribution in [0.15, 0.2) is 41.7 Å². The van der Waals surface area contributed by atoms with Gasteiger partial charge in [-0.25, -0.2) is 0 Å². The van der Waals surface area contributed by atoms with Gasteiger partial charge in [-0.2, -0.15) is 5.10 Å². The van der Waals surface area contributed by atoms with Crippen molar-refractivity contribution in [3.8, 4) is 5.75 Å². The minimum absolute atomic E-state index is 0.00454. The molecule has 32 heavy (non-hydrogen) atoms. The number of aryl methyl sites for hydroxylation is 1. The van der Waals surface area contributed by atoms with Gasteiger partial charge in [0.05, 0.1) is 39.0 Å². The summed E-state index contributed by atoms with van der Waals surface area (Å²) in [4.78, 5) is 9.98. The zero-order chi connectivity index (χ0) is 22.3. The fourth-order valence-electron chi connectivity index (χ4n) is 4.65. The normalized spacial score (nSPS) is 21.0. The zero-order valence-electron chi connectivity index (χ0n) is 19.5. The van der Waals surface area contributed by atoms with Crippen LogP contribution in [0.2, 0.25) is 0 Å². The number of guanidine groups is 1. The van der Waals surface area contributed by atoms with Crippen molar-refractivity contribution in [2.45, 2.75) is 31.9 Å². The Morgan fingerprint density at radius 2 is 2.09 bits per heavy atom. The highest BCUT2D eigenvalue weighted by atomic mass is 16.5. The highest BCUT2D eigenvalue weighted by Crippen LogP contribution is 2.32. The number of nitrogens with zero attached hydrogens (tertiary/aromatic N) is 5. The largest absolute Gasteiger partial charge is 0.496 e. The minimum Gasteiger partial charge on any atom is -0.496 e. The van der Waals surface area contributed by atoms with E-state index in [2.05, 4.69) is 39.3 Å². The Balaban J connectivity index is 1.54. The van der Waals surface area contributed by atoms with E-state index < -0.39 is 0 Å². The van der Waals surface area contributed by atoms with E-state index in [-0.39, 0.29) is 12.1 Å². The van der Waals surface area contributed by atoms with E-state index in [4.69, 9.17) is 14.5 Å². The highest BCUT2D eigenvalue weighted by Gasteiger charge is 2.28. The molecule has 0 radical (unpaired) electrons. The number of methoxy groups -OCH3 is 1. The summed E-state index contributed by atoms with van der Waals surface area (Å²) in [7, 11) is 3.69. The summed E-state index contributed by atoms with van der Waals surface area (Å²) >= 11 is 0. The quantitative estimate of drug-likeness (QED) is 0.527. The van der Waals surface area contributed by atoms with Gasteiger partial charge in [-0.05, 0) is 38.9 Å². The van der Waals surface area contributed by atoms with Crippen molar-refractivity contribution < 1.29 is 9.47 Å². The number of aromatic nitrogens is 2. The number of hydrogen-bond donors (Lipinski definition) is 1. The van der Waals surface area contributed by atoms with Crippen molar-refractivity contribution in [3.05, 3.63) is 47.8 Å². The second-order valence-corrected chi connectivity index (χ2v) is 8.45. The van der Waals surface area contributed by atoms with Crippen molar-refractivity contribution in [2.75, 3.05) is 53.0 Å². The first-order valence-electron chi connectivity index (χ1n) is 11.7. The van der Waals surface area contributed by atoms with E-state index in [1.54, 1.807) is 7.11 Å². The van der Waals surface area contributed by atoms with E-state index in [1.807, 2.05) is 36.3 Å². The first kappa shape index (κ1) is 22.6. The minimum atomic E-state index is 0.00454. The summed E-state index contributed by atoms with van der Waals surface area (Å²) in [6.45, 7) is 8.12. The molecule has 2 aliphatic rings. The Morgan fingerprint density at radius 3 is 2.81 bits per heavy atom. The summed E-state index contributed by atoms with van der Waals surface area (Å²) in [6.07, 6.45) is 6.41. The van der Waals surface area contributed by atoms with Gasteiger partial charge < -0.3 is 19.7 Å². The number of nitrogens with one attached hydrogen (secondary N) is 1. The Labute approximate surface area is 191 Å².